The summed E-state index contributed by atoms with van der Waals surface area (Å²) in [6, 6.07) is 15.6. The number of rotatable bonds is 5. The van der Waals surface area contributed by atoms with Crippen LogP contribution >= 0.6 is 0 Å². The molecule has 6 nitrogen and oxygen atoms in total. The molecule has 1 aromatic heterocycles. The van der Waals surface area contributed by atoms with Gasteiger partial charge in [-0.3, -0.25) is 9.59 Å². The van der Waals surface area contributed by atoms with Crippen molar-refractivity contribution in [3.8, 4) is 0 Å². The van der Waals surface area contributed by atoms with E-state index in [2.05, 4.69) is 41.2 Å². The number of hydrogen-bond donors (Lipinski definition) is 1. The monoisotopic (exact) mass is 377 g/mol. The number of hydrogen-bond acceptors (Lipinski definition) is 4. The van der Waals surface area contributed by atoms with Crippen molar-refractivity contribution < 1.29 is 9.53 Å². The predicted octanol–water partition coefficient (Wildman–Crippen LogP) is 3.11. The maximum absolute atomic E-state index is 12.7. The Morgan fingerprint density at radius 2 is 2.00 bits per heavy atom. The van der Waals surface area contributed by atoms with Crippen LogP contribution in [0.15, 0.2) is 53.3 Å². The fraction of sp³-hybridized carbons (Fsp3) is 0.318. The van der Waals surface area contributed by atoms with Crippen molar-refractivity contribution >= 4 is 16.8 Å². The Labute approximate surface area is 163 Å². The molecule has 4 rings (SSSR count). The van der Waals surface area contributed by atoms with E-state index < -0.39 is 0 Å². The van der Waals surface area contributed by atoms with Crippen molar-refractivity contribution in [3.05, 3.63) is 75.8 Å². The van der Waals surface area contributed by atoms with E-state index in [4.69, 9.17) is 4.74 Å². The molecule has 3 aromatic rings. The van der Waals surface area contributed by atoms with Crippen molar-refractivity contribution in [1.29, 1.82) is 0 Å². The molecule has 1 N–H and O–H groups in total. The number of likely N-dealkylation sites (tertiary alicyclic amines) is 1. The molecule has 1 amide bonds. The molecule has 1 atom stereocenters. The molecule has 1 aliphatic heterocycles. The maximum atomic E-state index is 12.7. The van der Waals surface area contributed by atoms with Gasteiger partial charge in [0.25, 0.3) is 5.56 Å². The number of para-hydroxylation sites is 1. The van der Waals surface area contributed by atoms with Gasteiger partial charge in [-0.15, -0.1) is 0 Å². The van der Waals surface area contributed by atoms with Gasteiger partial charge in [-0.05, 0) is 37.5 Å². The highest BCUT2D eigenvalue weighted by Gasteiger charge is 2.29. The molecule has 0 spiro atoms. The molecule has 1 fully saturated rings. The number of aryl methyl sites for hydroxylation is 1. The number of aromatic amines is 1. The van der Waals surface area contributed by atoms with E-state index in [-0.39, 0.29) is 30.7 Å². The third-order valence-corrected chi connectivity index (χ3v) is 5.16. The second-order valence-corrected chi connectivity index (χ2v) is 7.18. The number of nitrogens with zero attached hydrogens (tertiary/aromatic N) is 2. The van der Waals surface area contributed by atoms with Gasteiger partial charge in [0.1, 0.15) is 19.0 Å². The van der Waals surface area contributed by atoms with E-state index in [9.17, 15) is 9.59 Å². The normalized spacial score (nSPS) is 16.6. The molecular formula is C22H23N3O3. The van der Waals surface area contributed by atoms with Gasteiger partial charge < -0.3 is 14.6 Å². The molecule has 0 radical (unpaired) electrons. The lowest BCUT2D eigenvalue weighted by Gasteiger charge is -2.25. The molecule has 2 aromatic carbocycles. The summed E-state index contributed by atoms with van der Waals surface area (Å²) in [6.07, 6.45) is 1.96. The number of nitrogens with one attached hydrogen (secondary N) is 1. The molecule has 1 saturated heterocycles. The lowest BCUT2D eigenvalue weighted by atomic mass is 10.0. The van der Waals surface area contributed by atoms with E-state index in [1.807, 2.05) is 11.0 Å². The molecule has 0 bridgehead atoms. The van der Waals surface area contributed by atoms with Crippen molar-refractivity contribution in [3.63, 3.8) is 0 Å². The molecular weight excluding hydrogens is 354 g/mol. The zero-order chi connectivity index (χ0) is 19.5. The zero-order valence-corrected chi connectivity index (χ0v) is 15.9. The average Bonchev–Trinajstić information content (AvgIpc) is 3.18. The third-order valence-electron chi connectivity index (χ3n) is 5.16. The van der Waals surface area contributed by atoms with Crippen LogP contribution in [0.2, 0.25) is 0 Å². The first-order valence-electron chi connectivity index (χ1n) is 9.53. The number of fused-ring (bicyclic) bond motifs is 1. The molecule has 1 aliphatic rings. The first-order valence-corrected chi connectivity index (χ1v) is 9.53. The lowest BCUT2D eigenvalue weighted by Crippen LogP contribution is -2.33. The Morgan fingerprint density at radius 1 is 1.21 bits per heavy atom. The van der Waals surface area contributed by atoms with Crippen LogP contribution in [0.3, 0.4) is 0 Å². The van der Waals surface area contributed by atoms with Gasteiger partial charge in [0, 0.05) is 6.54 Å². The third kappa shape index (κ3) is 3.82. The number of aromatic nitrogens is 2. The van der Waals surface area contributed by atoms with Crippen LogP contribution in [0.5, 0.6) is 0 Å². The average molecular weight is 377 g/mol. The smallest absolute Gasteiger partial charge is 0.258 e. The SMILES string of the molecule is Cc1ccc(C2CCCN2C(=O)COCc2nc3ccccc3c(=O)[nH]2)cc1. The van der Waals surface area contributed by atoms with Gasteiger partial charge in [-0.25, -0.2) is 4.98 Å². The Bertz CT molecular complexity index is 1040. The number of benzene rings is 2. The molecule has 1 unspecified atom stereocenters. The number of carbonyl (C=O) groups is 1. The van der Waals surface area contributed by atoms with E-state index >= 15 is 0 Å². The quantitative estimate of drug-likeness (QED) is 0.741. The van der Waals surface area contributed by atoms with E-state index in [1.165, 1.54) is 5.56 Å². The largest absolute Gasteiger partial charge is 0.364 e. The van der Waals surface area contributed by atoms with Crippen molar-refractivity contribution in [2.24, 2.45) is 0 Å². The minimum Gasteiger partial charge on any atom is -0.364 e. The van der Waals surface area contributed by atoms with Crippen LogP contribution in [-0.4, -0.2) is 33.9 Å². The second kappa shape index (κ2) is 7.94. The minimum atomic E-state index is -0.200. The summed E-state index contributed by atoms with van der Waals surface area (Å²) in [6.45, 7) is 2.86. The van der Waals surface area contributed by atoms with Crippen molar-refractivity contribution in [2.45, 2.75) is 32.4 Å². The van der Waals surface area contributed by atoms with Gasteiger partial charge in [-0.1, -0.05) is 42.0 Å². The summed E-state index contributed by atoms with van der Waals surface area (Å²) in [7, 11) is 0. The molecule has 0 saturated carbocycles. The summed E-state index contributed by atoms with van der Waals surface area (Å²) in [4.78, 5) is 33.8. The van der Waals surface area contributed by atoms with Gasteiger partial charge in [0.05, 0.1) is 16.9 Å². The van der Waals surface area contributed by atoms with Crippen LogP contribution in [0.25, 0.3) is 10.9 Å². The maximum Gasteiger partial charge on any atom is 0.258 e. The number of H-pyrrole nitrogens is 1. The van der Waals surface area contributed by atoms with Gasteiger partial charge >= 0.3 is 0 Å². The number of ether oxygens (including phenoxy) is 1. The summed E-state index contributed by atoms with van der Waals surface area (Å²) >= 11 is 0. The first kappa shape index (κ1) is 18.4. The highest BCUT2D eigenvalue weighted by atomic mass is 16.5. The molecule has 28 heavy (non-hydrogen) atoms. The molecule has 6 heteroatoms. The first-order chi connectivity index (χ1) is 13.6. The Morgan fingerprint density at radius 3 is 2.82 bits per heavy atom. The Kier molecular flexibility index (Phi) is 5.21. The molecule has 144 valence electrons. The van der Waals surface area contributed by atoms with Crippen LogP contribution < -0.4 is 5.56 Å². The van der Waals surface area contributed by atoms with Gasteiger partial charge in [0.2, 0.25) is 5.91 Å². The highest BCUT2D eigenvalue weighted by molar-refractivity contribution is 5.78. The highest BCUT2D eigenvalue weighted by Crippen LogP contribution is 2.32. The summed E-state index contributed by atoms with van der Waals surface area (Å²) < 4.78 is 5.58. The zero-order valence-electron chi connectivity index (χ0n) is 15.9. The van der Waals surface area contributed by atoms with E-state index in [0.717, 1.165) is 24.9 Å². The molecule has 0 aliphatic carbocycles. The van der Waals surface area contributed by atoms with Gasteiger partial charge in [0.15, 0.2) is 0 Å². The van der Waals surface area contributed by atoms with Crippen molar-refractivity contribution in [1.82, 2.24) is 14.9 Å². The summed E-state index contributed by atoms with van der Waals surface area (Å²) in [5.41, 5.74) is 2.79. The predicted molar refractivity (Wildman–Crippen MR) is 107 cm³/mol. The second-order valence-electron chi connectivity index (χ2n) is 7.18. The lowest BCUT2D eigenvalue weighted by molar-refractivity contribution is -0.137. The number of amides is 1. The topological polar surface area (TPSA) is 75.3 Å². The summed E-state index contributed by atoms with van der Waals surface area (Å²) in [5, 5.41) is 0.542. The number of carbonyl (C=O) groups excluding carboxylic acids is 1. The van der Waals surface area contributed by atoms with E-state index in [1.54, 1.807) is 18.2 Å². The minimum absolute atomic E-state index is 0.0289. The fourth-order valence-corrected chi connectivity index (χ4v) is 3.72. The fourth-order valence-electron chi connectivity index (χ4n) is 3.72. The standard InChI is InChI=1S/C22H23N3O3/c1-15-8-10-16(11-9-15)19-7-4-12-25(19)21(26)14-28-13-20-23-18-6-3-2-5-17(18)22(27)24-20/h2-3,5-6,8-11,19H,4,7,12-14H2,1H3,(H,23,24,27). The van der Waals surface area contributed by atoms with Crippen LogP contribution in [0.4, 0.5) is 0 Å². The van der Waals surface area contributed by atoms with Crippen LogP contribution in [0.1, 0.15) is 35.8 Å². The Hall–Kier alpha value is -2.99. The van der Waals surface area contributed by atoms with Crippen LogP contribution in [0, 0.1) is 6.92 Å². The van der Waals surface area contributed by atoms with Crippen molar-refractivity contribution in [2.75, 3.05) is 13.2 Å². The molecule has 2 heterocycles. The van der Waals surface area contributed by atoms with Crippen LogP contribution in [-0.2, 0) is 16.1 Å². The van der Waals surface area contributed by atoms with E-state index in [0.29, 0.717) is 16.7 Å². The summed E-state index contributed by atoms with van der Waals surface area (Å²) in [5.74, 6) is 0.388. The Balaban J connectivity index is 1.39. The van der Waals surface area contributed by atoms with Gasteiger partial charge in [-0.2, -0.15) is 0 Å².